The summed E-state index contributed by atoms with van der Waals surface area (Å²) in [5.41, 5.74) is 0.602. The minimum Gasteiger partial charge on any atom is -0.480 e. The monoisotopic (exact) mass is 347 g/mol. The number of benzene rings is 1. The van der Waals surface area contributed by atoms with Crippen LogP contribution in [0.1, 0.15) is 18.4 Å². The number of nitrogens with zero attached hydrogens (tertiary/aromatic N) is 1. The minimum atomic E-state index is -3.75. The summed E-state index contributed by atoms with van der Waals surface area (Å²) in [6, 6.07) is 3.91. The highest BCUT2D eigenvalue weighted by molar-refractivity contribution is 9.10. The van der Waals surface area contributed by atoms with Crippen LogP contribution in [0.25, 0.3) is 0 Å². The molecule has 1 aromatic rings. The van der Waals surface area contributed by atoms with E-state index in [1.165, 1.54) is 6.07 Å². The van der Waals surface area contributed by atoms with Gasteiger partial charge in [-0.05, 0) is 43.5 Å². The normalized spacial score (nSPS) is 20.6. The first-order valence-corrected chi connectivity index (χ1v) is 8.08. The fourth-order valence-corrected chi connectivity index (χ4v) is 4.64. The van der Waals surface area contributed by atoms with Crippen molar-refractivity contribution in [2.24, 2.45) is 0 Å². The standard InChI is InChI=1S/C12H14BrNO4S/c1-8-7-9(13)4-5-11(8)19(17,18)14-6-2-3-10(14)12(15)16/h4-5,7,10H,2-3,6H2,1H3,(H,15,16)/t10-/m1/s1. The third kappa shape index (κ3) is 2.68. The van der Waals surface area contributed by atoms with Crippen molar-refractivity contribution in [3.8, 4) is 0 Å². The number of hydrogen-bond donors (Lipinski definition) is 1. The van der Waals surface area contributed by atoms with Crippen molar-refractivity contribution in [3.63, 3.8) is 0 Å². The lowest BCUT2D eigenvalue weighted by molar-refractivity contribution is -0.140. The molecule has 1 fully saturated rings. The maximum Gasteiger partial charge on any atom is 0.322 e. The highest BCUT2D eigenvalue weighted by atomic mass is 79.9. The summed E-state index contributed by atoms with van der Waals surface area (Å²) in [4.78, 5) is 11.3. The first-order chi connectivity index (χ1) is 8.84. The molecular formula is C12H14BrNO4S. The van der Waals surface area contributed by atoms with E-state index in [-0.39, 0.29) is 11.4 Å². The second kappa shape index (κ2) is 5.22. The Labute approximate surface area is 120 Å². The zero-order valence-corrected chi connectivity index (χ0v) is 12.7. The molecule has 1 atom stereocenters. The molecule has 5 nitrogen and oxygen atoms in total. The Morgan fingerprint density at radius 1 is 1.47 bits per heavy atom. The van der Waals surface area contributed by atoms with Crippen LogP contribution in [-0.4, -0.2) is 36.4 Å². The van der Waals surface area contributed by atoms with Crippen LogP contribution in [0.2, 0.25) is 0 Å². The van der Waals surface area contributed by atoms with Crippen LogP contribution >= 0.6 is 15.9 Å². The molecule has 0 saturated carbocycles. The fraction of sp³-hybridized carbons (Fsp3) is 0.417. The highest BCUT2D eigenvalue weighted by Crippen LogP contribution is 2.29. The van der Waals surface area contributed by atoms with Crippen molar-refractivity contribution in [2.45, 2.75) is 30.7 Å². The third-order valence-electron chi connectivity index (χ3n) is 3.21. The van der Waals surface area contributed by atoms with Crippen LogP contribution in [0, 0.1) is 6.92 Å². The average Bonchev–Trinajstić information content (AvgIpc) is 2.77. The molecule has 19 heavy (non-hydrogen) atoms. The lowest BCUT2D eigenvalue weighted by Gasteiger charge is -2.22. The van der Waals surface area contributed by atoms with Crippen LogP contribution in [0.15, 0.2) is 27.6 Å². The van der Waals surface area contributed by atoms with Crippen molar-refractivity contribution in [2.75, 3.05) is 6.54 Å². The third-order valence-corrected chi connectivity index (χ3v) is 5.77. The topological polar surface area (TPSA) is 74.7 Å². The van der Waals surface area contributed by atoms with Gasteiger partial charge in [-0.1, -0.05) is 15.9 Å². The molecule has 0 bridgehead atoms. The Morgan fingerprint density at radius 3 is 2.74 bits per heavy atom. The minimum absolute atomic E-state index is 0.170. The molecule has 0 unspecified atom stereocenters. The summed E-state index contributed by atoms with van der Waals surface area (Å²) in [7, 11) is -3.75. The Balaban J connectivity index is 2.45. The molecule has 0 spiro atoms. The molecule has 7 heteroatoms. The maximum atomic E-state index is 12.5. The summed E-state index contributed by atoms with van der Waals surface area (Å²) in [6.07, 6.45) is 0.940. The molecule has 1 saturated heterocycles. The van der Waals surface area contributed by atoms with Crippen molar-refractivity contribution >= 4 is 31.9 Å². The number of carboxylic acid groups (broad SMARTS) is 1. The molecule has 104 valence electrons. The van der Waals surface area contributed by atoms with Gasteiger partial charge in [0.25, 0.3) is 0 Å². The van der Waals surface area contributed by atoms with Crippen LogP contribution in [0.5, 0.6) is 0 Å². The van der Waals surface area contributed by atoms with Crippen LogP contribution in [0.3, 0.4) is 0 Å². The summed E-state index contributed by atoms with van der Waals surface area (Å²) in [5, 5.41) is 9.09. The number of rotatable bonds is 3. The Hall–Kier alpha value is -0.920. The zero-order valence-electron chi connectivity index (χ0n) is 10.3. The zero-order chi connectivity index (χ0) is 14.2. The van der Waals surface area contributed by atoms with Crippen molar-refractivity contribution in [1.82, 2.24) is 4.31 Å². The molecule has 1 heterocycles. The number of hydrogen-bond acceptors (Lipinski definition) is 3. The van der Waals surface area contributed by atoms with Gasteiger partial charge in [-0.2, -0.15) is 4.31 Å². The smallest absolute Gasteiger partial charge is 0.322 e. The fourth-order valence-electron chi connectivity index (χ4n) is 2.30. The van der Waals surface area contributed by atoms with E-state index >= 15 is 0 Å². The molecule has 2 rings (SSSR count). The molecule has 0 amide bonds. The van der Waals surface area contributed by atoms with E-state index < -0.39 is 22.0 Å². The number of sulfonamides is 1. The number of carbonyl (C=O) groups is 1. The summed E-state index contributed by atoms with van der Waals surface area (Å²) in [5.74, 6) is -1.09. The summed E-state index contributed by atoms with van der Waals surface area (Å²) in [6.45, 7) is 1.96. The van der Waals surface area contributed by atoms with E-state index in [0.717, 1.165) is 8.78 Å². The molecule has 0 aromatic heterocycles. The van der Waals surface area contributed by atoms with E-state index in [0.29, 0.717) is 18.4 Å². The summed E-state index contributed by atoms with van der Waals surface area (Å²) >= 11 is 3.28. The highest BCUT2D eigenvalue weighted by Gasteiger charge is 2.39. The molecule has 0 aliphatic carbocycles. The van der Waals surface area contributed by atoms with Crippen LogP contribution in [0.4, 0.5) is 0 Å². The Morgan fingerprint density at radius 2 is 2.16 bits per heavy atom. The number of carboxylic acids is 1. The molecule has 1 aliphatic rings. The van der Waals surface area contributed by atoms with Gasteiger partial charge >= 0.3 is 5.97 Å². The van der Waals surface area contributed by atoms with Gasteiger partial charge in [0, 0.05) is 11.0 Å². The molecular weight excluding hydrogens is 334 g/mol. The largest absolute Gasteiger partial charge is 0.480 e. The number of halogens is 1. The van der Waals surface area contributed by atoms with Gasteiger partial charge in [-0.3, -0.25) is 4.79 Å². The lowest BCUT2D eigenvalue weighted by atomic mass is 10.2. The predicted molar refractivity (Wildman–Crippen MR) is 73.4 cm³/mol. The van der Waals surface area contributed by atoms with E-state index in [4.69, 9.17) is 5.11 Å². The molecule has 1 aliphatic heterocycles. The van der Waals surface area contributed by atoms with Gasteiger partial charge in [0.15, 0.2) is 0 Å². The average molecular weight is 348 g/mol. The lowest BCUT2D eigenvalue weighted by Crippen LogP contribution is -2.40. The van der Waals surface area contributed by atoms with Gasteiger partial charge in [-0.15, -0.1) is 0 Å². The van der Waals surface area contributed by atoms with E-state index in [1.807, 2.05) is 0 Å². The van der Waals surface area contributed by atoms with Gasteiger partial charge in [0.1, 0.15) is 6.04 Å². The maximum absolute atomic E-state index is 12.5. The second-order valence-electron chi connectivity index (χ2n) is 4.52. The first kappa shape index (κ1) is 14.5. The van der Waals surface area contributed by atoms with E-state index in [1.54, 1.807) is 19.1 Å². The van der Waals surface area contributed by atoms with Crippen LogP contribution in [-0.2, 0) is 14.8 Å². The SMILES string of the molecule is Cc1cc(Br)ccc1S(=O)(=O)N1CCC[C@@H]1C(=O)O. The molecule has 0 radical (unpaired) electrons. The van der Waals surface area contributed by atoms with Crippen LogP contribution < -0.4 is 0 Å². The first-order valence-electron chi connectivity index (χ1n) is 5.85. The summed E-state index contributed by atoms with van der Waals surface area (Å²) < 4.78 is 26.9. The number of aliphatic carboxylic acids is 1. The van der Waals surface area contributed by atoms with Crippen molar-refractivity contribution in [1.29, 1.82) is 0 Å². The van der Waals surface area contributed by atoms with Gasteiger partial charge in [0.05, 0.1) is 4.90 Å². The van der Waals surface area contributed by atoms with Gasteiger partial charge in [-0.25, -0.2) is 8.42 Å². The van der Waals surface area contributed by atoms with Gasteiger partial charge < -0.3 is 5.11 Å². The Kier molecular flexibility index (Phi) is 3.98. The second-order valence-corrected chi connectivity index (χ2v) is 7.30. The van der Waals surface area contributed by atoms with Crippen molar-refractivity contribution in [3.05, 3.63) is 28.2 Å². The van der Waals surface area contributed by atoms with Crippen molar-refractivity contribution < 1.29 is 18.3 Å². The number of aryl methyl sites for hydroxylation is 1. The molecule has 1 aromatic carbocycles. The predicted octanol–water partition coefficient (Wildman–Crippen LogP) is 2.00. The van der Waals surface area contributed by atoms with Gasteiger partial charge in [0.2, 0.25) is 10.0 Å². The quantitative estimate of drug-likeness (QED) is 0.907. The Bertz CT molecular complexity index is 614. The molecule has 1 N–H and O–H groups in total. The van der Waals surface area contributed by atoms with E-state index in [2.05, 4.69) is 15.9 Å². The van der Waals surface area contributed by atoms with E-state index in [9.17, 15) is 13.2 Å².